The summed E-state index contributed by atoms with van der Waals surface area (Å²) in [6, 6.07) is 19.7. The minimum atomic E-state index is -4.58. The van der Waals surface area contributed by atoms with Crippen molar-refractivity contribution < 1.29 is 22.9 Å². The largest absolute Gasteiger partial charge is 0.455 e. The lowest BCUT2D eigenvalue weighted by atomic mass is 9.59. The molecule has 4 saturated carbocycles. The van der Waals surface area contributed by atoms with Gasteiger partial charge in [-0.25, -0.2) is 23.1 Å². The van der Waals surface area contributed by atoms with E-state index < -0.39 is 31.4 Å². The Morgan fingerprint density at radius 3 is 2.51 bits per heavy atom. The number of carbonyl (C=O) groups excluding carboxylic acids is 1. The first kappa shape index (κ1) is 40.2. The number of nitrogens with one attached hydrogen (secondary N) is 3. The molecule has 3 N–H and O–H groups in total. The van der Waals surface area contributed by atoms with E-state index in [9.17, 15) is 23.3 Å². The van der Waals surface area contributed by atoms with Crippen LogP contribution in [0.3, 0.4) is 0 Å². The van der Waals surface area contributed by atoms with E-state index in [1.165, 1.54) is 51.5 Å². The number of ether oxygens (including phenoxy) is 1. The molecule has 5 aromatic rings. The normalized spacial score (nSPS) is 23.6. The number of benzene rings is 2. The van der Waals surface area contributed by atoms with Gasteiger partial charge in [-0.15, -0.1) is 0 Å². The zero-order valence-corrected chi connectivity index (χ0v) is 36.2. The monoisotopic (exact) mass is 870 g/mol. The number of fused-ring (bicyclic) bond motifs is 2. The van der Waals surface area contributed by atoms with Crippen LogP contribution < -0.4 is 19.7 Å². The van der Waals surface area contributed by atoms with Gasteiger partial charge in [-0.05, 0) is 129 Å². The van der Waals surface area contributed by atoms with Crippen LogP contribution in [0.5, 0.6) is 11.5 Å². The van der Waals surface area contributed by atoms with Crippen LogP contribution in [0.1, 0.15) is 111 Å². The van der Waals surface area contributed by atoms with Crippen molar-refractivity contribution in [2.24, 2.45) is 17.3 Å². The molecule has 2 saturated heterocycles. The molecule has 1 amide bonds. The predicted octanol–water partition coefficient (Wildman–Crippen LogP) is 9.02. The van der Waals surface area contributed by atoms with Crippen molar-refractivity contribution in [3.05, 3.63) is 106 Å². The highest BCUT2D eigenvalue weighted by atomic mass is 32.2. The summed E-state index contributed by atoms with van der Waals surface area (Å²) < 4.78 is 35.9. The molecule has 15 heteroatoms. The van der Waals surface area contributed by atoms with Crippen LogP contribution >= 0.6 is 0 Å². The average Bonchev–Trinajstić information content (AvgIpc) is 4.18. The number of piperidine rings is 2. The highest BCUT2D eigenvalue weighted by molar-refractivity contribution is 7.90. The van der Waals surface area contributed by atoms with Crippen LogP contribution in [-0.2, 0) is 15.6 Å². The lowest BCUT2D eigenvalue weighted by molar-refractivity contribution is -0.384. The molecule has 6 fully saturated rings. The van der Waals surface area contributed by atoms with Crippen molar-refractivity contribution in [1.29, 1.82) is 0 Å². The van der Waals surface area contributed by atoms with Crippen LogP contribution in [0.2, 0.25) is 0 Å². The second kappa shape index (κ2) is 15.6. The number of anilines is 2. The molecule has 6 aliphatic rings. The summed E-state index contributed by atoms with van der Waals surface area (Å²) in [7, 11) is -4.58. The Morgan fingerprint density at radius 1 is 0.921 bits per heavy atom. The molecule has 328 valence electrons. The fraction of sp³-hybridized carbons (Fsp3) is 0.479. The number of aromatic nitrogens is 3. The van der Waals surface area contributed by atoms with Gasteiger partial charge in [0.25, 0.3) is 15.9 Å². The van der Waals surface area contributed by atoms with Crippen LogP contribution in [0.25, 0.3) is 11.0 Å². The number of pyridine rings is 2. The van der Waals surface area contributed by atoms with Crippen LogP contribution in [-0.4, -0.2) is 71.3 Å². The number of likely N-dealkylation sites (tertiary alicyclic amines) is 1. The molecule has 0 bridgehead atoms. The highest BCUT2D eigenvalue weighted by Crippen LogP contribution is 2.67. The number of H-pyrrole nitrogens is 1. The van der Waals surface area contributed by atoms with E-state index in [0.29, 0.717) is 35.3 Å². The molecule has 2 unspecified atom stereocenters. The summed E-state index contributed by atoms with van der Waals surface area (Å²) in [5.74, 6) is 1.51. The number of carbonyl (C=O) groups is 1. The molecule has 1 spiro atoms. The van der Waals surface area contributed by atoms with Gasteiger partial charge in [0.05, 0.1) is 22.9 Å². The van der Waals surface area contributed by atoms with Crippen LogP contribution in [0, 0.1) is 27.4 Å². The molecule has 0 radical (unpaired) electrons. The molecule has 3 aromatic heterocycles. The second-order valence-electron chi connectivity index (χ2n) is 19.2. The van der Waals surface area contributed by atoms with Crippen molar-refractivity contribution in [2.45, 2.75) is 106 Å². The number of nitro groups is 1. The van der Waals surface area contributed by atoms with Crippen molar-refractivity contribution in [1.82, 2.24) is 24.6 Å². The lowest BCUT2D eigenvalue weighted by Gasteiger charge is -2.56. The Bertz CT molecular complexity index is 2700. The zero-order chi connectivity index (χ0) is 42.9. The van der Waals surface area contributed by atoms with E-state index in [2.05, 4.69) is 59.1 Å². The maximum atomic E-state index is 14.0. The van der Waals surface area contributed by atoms with E-state index in [-0.39, 0.29) is 22.7 Å². The molecule has 2 aliphatic heterocycles. The van der Waals surface area contributed by atoms with E-state index in [1.54, 1.807) is 41.7 Å². The molecule has 2 aromatic carbocycles. The minimum absolute atomic E-state index is 0.00226. The standard InChI is InChI=1S/C48H54N8O6S/c57-46(53-63(60,61)38-24-42(56(58)59)45(52-30-38)50-28-31-6-2-1-3-7-31)40-13-12-35(23-43(40)62-37-22-33-14-18-49-44(33)51-29-37)54-20-16-47(17-21-54)26-36(27-47)55-19-15-34-25-48(34,55)41-9-5-4-8-39(41)32-10-11-32/h4-5,8-9,12-14,18,22-24,29-32,34,36H,1-3,6-7,10-11,15-17,19-21,25-28H2,(H,49,51)(H,50,52)(H,53,57). The first-order chi connectivity index (χ1) is 30.6. The van der Waals surface area contributed by atoms with Gasteiger partial charge in [0.2, 0.25) is 5.82 Å². The van der Waals surface area contributed by atoms with Gasteiger partial charge < -0.3 is 19.9 Å². The lowest BCUT2D eigenvalue weighted by Crippen LogP contribution is -2.56. The number of hydrogen-bond acceptors (Lipinski definition) is 11. The Hall–Kier alpha value is -5.54. The summed E-state index contributed by atoms with van der Waals surface area (Å²) in [6.45, 7) is 3.43. The number of aromatic amines is 1. The Balaban J connectivity index is 0.795. The van der Waals surface area contributed by atoms with E-state index in [1.807, 2.05) is 12.1 Å². The summed E-state index contributed by atoms with van der Waals surface area (Å²) in [6.07, 6.45) is 19.7. The van der Waals surface area contributed by atoms with E-state index in [0.717, 1.165) is 86.8 Å². The van der Waals surface area contributed by atoms with Gasteiger partial charge in [-0.3, -0.25) is 19.8 Å². The van der Waals surface area contributed by atoms with Crippen LogP contribution in [0.4, 0.5) is 17.2 Å². The zero-order valence-electron chi connectivity index (χ0n) is 35.4. The molecule has 11 rings (SSSR count). The van der Waals surface area contributed by atoms with Gasteiger partial charge in [0.1, 0.15) is 22.0 Å². The molecular formula is C48H54N8O6S. The average molecular weight is 871 g/mol. The predicted molar refractivity (Wildman–Crippen MR) is 240 cm³/mol. The second-order valence-corrected chi connectivity index (χ2v) is 20.9. The molecule has 4 aliphatic carbocycles. The van der Waals surface area contributed by atoms with Gasteiger partial charge in [0, 0.05) is 60.6 Å². The third-order valence-electron chi connectivity index (χ3n) is 15.4. The van der Waals surface area contributed by atoms with Gasteiger partial charge in [-0.2, -0.15) is 0 Å². The van der Waals surface area contributed by atoms with Crippen molar-refractivity contribution in [2.75, 3.05) is 36.4 Å². The molecule has 2 atom stereocenters. The topological polar surface area (TPSA) is 176 Å². The first-order valence-electron chi connectivity index (χ1n) is 22.9. The first-order valence-corrected chi connectivity index (χ1v) is 24.4. The molecule has 5 heterocycles. The number of amides is 1. The molecule has 63 heavy (non-hydrogen) atoms. The SMILES string of the molecule is O=C(NS(=O)(=O)c1cnc(NCC2CCCCC2)c([N+](=O)[O-])c1)c1ccc(N2CCC3(CC2)CC(N2CCC4CC42c2ccccc2C2CC2)C3)cc1Oc1cnc2[nH]ccc2c1. The smallest absolute Gasteiger partial charge is 0.312 e. The molecular weight excluding hydrogens is 817 g/mol. The third kappa shape index (κ3) is 7.50. The van der Waals surface area contributed by atoms with Crippen molar-refractivity contribution in [3.8, 4) is 11.5 Å². The highest BCUT2D eigenvalue weighted by Gasteiger charge is 2.67. The number of nitrogens with zero attached hydrogens (tertiary/aromatic N) is 5. The van der Waals surface area contributed by atoms with Gasteiger partial charge >= 0.3 is 5.69 Å². The Kier molecular flexibility index (Phi) is 9.98. The number of rotatable bonds is 13. The van der Waals surface area contributed by atoms with E-state index in [4.69, 9.17) is 4.74 Å². The quantitative estimate of drug-likeness (QED) is 0.0761. The summed E-state index contributed by atoms with van der Waals surface area (Å²) in [5, 5.41) is 16.0. The summed E-state index contributed by atoms with van der Waals surface area (Å²) >= 11 is 0. The van der Waals surface area contributed by atoms with Crippen molar-refractivity contribution in [3.63, 3.8) is 0 Å². The molecule has 14 nitrogen and oxygen atoms in total. The van der Waals surface area contributed by atoms with Gasteiger partial charge in [0.15, 0.2) is 0 Å². The van der Waals surface area contributed by atoms with Crippen molar-refractivity contribution >= 4 is 44.2 Å². The van der Waals surface area contributed by atoms with Gasteiger partial charge in [-0.1, -0.05) is 43.5 Å². The summed E-state index contributed by atoms with van der Waals surface area (Å²) in [4.78, 5) is 41.8. The third-order valence-corrected chi connectivity index (χ3v) is 16.7. The fourth-order valence-corrected chi connectivity index (χ4v) is 12.7. The Morgan fingerprint density at radius 2 is 1.73 bits per heavy atom. The number of sulfonamides is 1. The maximum absolute atomic E-state index is 14.0. The van der Waals surface area contributed by atoms with E-state index >= 15 is 0 Å². The van der Waals surface area contributed by atoms with Crippen LogP contribution in [0.15, 0.2) is 84.1 Å². The summed E-state index contributed by atoms with van der Waals surface area (Å²) in [5.41, 5.74) is 4.86. The minimum Gasteiger partial charge on any atom is -0.455 e. The Labute approximate surface area is 367 Å². The number of hydrogen-bond donors (Lipinski definition) is 3. The fourth-order valence-electron chi connectivity index (χ4n) is 11.8. The maximum Gasteiger partial charge on any atom is 0.312 e.